The number of aryl methyl sites for hydroxylation is 2. The van der Waals surface area contributed by atoms with E-state index in [4.69, 9.17) is 0 Å². The SMILES string of the molecule is Cn1c(C[C@H]2C([N+](=O)[O-])=CNc3ncnn32)[n+](C)c2ccccc21. The number of anilines is 1. The molecule has 4 rings (SSSR count). The number of nitrogens with one attached hydrogen (secondary N) is 1. The summed E-state index contributed by atoms with van der Waals surface area (Å²) < 4.78 is 5.69. The van der Waals surface area contributed by atoms with Gasteiger partial charge in [-0.1, -0.05) is 12.1 Å². The summed E-state index contributed by atoms with van der Waals surface area (Å²) >= 11 is 0. The van der Waals surface area contributed by atoms with Gasteiger partial charge in [0.2, 0.25) is 5.95 Å². The number of imidazole rings is 1. The molecule has 0 aliphatic carbocycles. The minimum Gasteiger partial charge on any atom is -0.325 e. The number of nitrogens with zero attached hydrogens (tertiary/aromatic N) is 6. The summed E-state index contributed by atoms with van der Waals surface area (Å²) in [5.41, 5.74) is 2.22. The lowest BCUT2D eigenvalue weighted by Gasteiger charge is -2.19. The minimum absolute atomic E-state index is 0.0678. The maximum Gasteiger partial charge on any atom is 0.287 e. The third-order valence-electron chi connectivity index (χ3n) is 4.52. The van der Waals surface area contributed by atoms with Crippen LogP contribution in [-0.2, 0) is 20.5 Å². The molecule has 0 spiro atoms. The summed E-state index contributed by atoms with van der Waals surface area (Å²) in [5.74, 6) is 1.48. The van der Waals surface area contributed by atoms with E-state index in [1.54, 1.807) is 4.68 Å². The topological polar surface area (TPSA) is 94.7 Å². The normalized spacial score (nSPS) is 16.6. The van der Waals surface area contributed by atoms with Gasteiger partial charge in [-0.25, -0.2) is 13.8 Å². The molecule has 1 N–H and O–H groups in total. The Balaban J connectivity index is 1.83. The Morgan fingerprint density at radius 2 is 2.21 bits per heavy atom. The summed E-state index contributed by atoms with van der Waals surface area (Å²) in [7, 11) is 3.94. The molecule has 1 aliphatic heterocycles. The van der Waals surface area contributed by atoms with Gasteiger partial charge in [-0.3, -0.25) is 10.1 Å². The van der Waals surface area contributed by atoms with Crippen LogP contribution >= 0.6 is 0 Å². The molecule has 1 atom stereocenters. The first-order chi connectivity index (χ1) is 11.6. The number of rotatable bonds is 3. The molecule has 0 bridgehead atoms. The van der Waals surface area contributed by atoms with E-state index < -0.39 is 6.04 Å². The second-order valence-corrected chi connectivity index (χ2v) is 5.74. The second-order valence-electron chi connectivity index (χ2n) is 5.74. The third kappa shape index (κ3) is 1.98. The predicted molar refractivity (Wildman–Crippen MR) is 85.6 cm³/mol. The first-order valence-electron chi connectivity index (χ1n) is 7.50. The fraction of sp³-hybridized carbons (Fsp3) is 0.267. The molecule has 3 aromatic rings. The highest BCUT2D eigenvalue weighted by Gasteiger charge is 2.36. The zero-order chi connectivity index (χ0) is 16.8. The Kier molecular flexibility index (Phi) is 3.08. The lowest BCUT2D eigenvalue weighted by atomic mass is 10.1. The monoisotopic (exact) mass is 326 g/mol. The zero-order valence-corrected chi connectivity index (χ0v) is 13.2. The van der Waals surface area contributed by atoms with Gasteiger partial charge in [-0.15, -0.1) is 0 Å². The Labute approximate surface area is 137 Å². The molecule has 0 radical (unpaired) electrons. The Hall–Kier alpha value is -3.23. The number of hydrogen-bond acceptors (Lipinski definition) is 5. The van der Waals surface area contributed by atoms with Crippen molar-refractivity contribution in [1.29, 1.82) is 0 Å². The number of para-hydroxylation sites is 2. The van der Waals surface area contributed by atoms with Crippen LogP contribution in [0.1, 0.15) is 11.9 Å². The summed E-state index contributed by atoms with van der Waals surface area (Å²) in [6.07, 6.45) is 3.23. The van der Waals surface area contributed by atoms with Gasteiger partial charge < -0.3 is 5.32 Å². The molecule has 0 saturated heterocycles. The highest BCUT2D eigenvalue weighted by Crippen LogP contribution is 2.28. The van der Waals surface area contributed by atoms with E-state index in [1.165, 1.54) is 12.5 Å². The molecule has 0 fully saturated rings. The maximum atomic E-state index is 11.5. The van der Waals surface area contributed by atoms with Gasteiger partial charge in [0.15, 0.2) is 17.1 Å². The van der Waals surface area contributed by atoms with Gasteiger partial charge >= 0.3 is 0 Å². The van der Waals surface area contributed by atoms with Crippen molar-refractivity contribution in [3.8, 4) is 0 Å². The van der Waals surface area contributed by atoms with Crippen molar-refractivity contribution in [2.45, 2.75) is 12.5 Å². The molecule has 24 heavy (non-hydrogen) atoms. The number of nitro groups is 1. The van der Waals surface area contributed by atoms with Gasteiger partial charge in [-0.05, 0) is 12.1 Å². The van der Waals surface area contributed by atoms with Gasteiger partial charge in [0.1, 0.15) is 6.33 Å². The van der Waals surface area contributed by atoms with Crippen molar-refractivity contribution < 1.29 is 9.49 Å². The molecular weight excluding hydrogens is 310 g/mol. The van der Waals surface area contributed by atoms with Crippen molar-refractivity contribution in [3.63, 3.8) is 0 Å². The summed E-state index contributed by atoms with van der Waals surface area (Å²) in [6.45, 7) is 0. The predicted octanol–water partition coefficient (Wildman–Crippen LogP) is 0.922. The molecule has 122 valence electrons. The Morgan fingerprint density at radius 1 is 1.42 bits per heavy atom. The average Bonchev–Trinajstić information content (AvgIpc) is 3.14. The molecule has 0 saturated carbocycles. The van der Waals surface area contributed by atoms with Gasteiger partial charge in [0, 0.05) is 0 Å². The van der Waals surface area contributed by atoms with Crippen molar-refractivity contribution in [1.82, 2.24) is 19.3 Å². The van der Waals surface area contributed by atoms with Crippen LogP contribution in [0, 0.1) is 10.1 Å². The van der Waals surface area contributed by atoms with E-state index in [9.17, 15) is 10.1 Å². The Bertz CT molecular complexity index is 946. The maximum absolute atomic E-state index is 11.5. The van der Waals surface area contributed by atoms with Gasteiger partial charge in [0.25, 0.3) is 11.5 Å². The standard InChI is InChI=1S/C15H16N7O2/c1-19-10-5-3-4-6-11(10)20(2)14(19)7-12-13(22(23)24)8-16-15-17-9-18-21(12)15/h3-6,8-9,12H,7H2,1-2H3,(H,16,17,18)/q+1/t12-/m0/s1. The van der Waals surface area contributed by atoms with E-state index in [-0.39, 0.29) is 10.6 Å². The highest BCUT2D eigenvalue weighted by atomic mass is 16.6. The fourth-order valence-electron chi connectivity index (χ4n) is 3.29. The zero-order valence-electron chi connectivity index (χ0n) is 13.2. The number of hydrogen-bond donors (Lipinski definition) is 1. The highest BCUT2D eigenvalue weighted by molar-refractivity contribution is 5.72. The van der Waals surface area contributed by atoms with Crippen LogP contribution in [-0.4, -0.2) is 24.3 Å². The smallest absolute Gasteiger partial charge is 0.287 e. The van der Waals surface area contributed by atoms with Crippen molar-refractivity contribution in [2.24, 2.45) is 14.1 Å². The van der Waals surface area contributed by atoms with Crippen molar-refractivity contribution in [2.75, 3.05) is 5.32 Å². The van der Waals surface area contributed by atoms with Gasteiger partial charge in [-0.2, -0.15) is 10.1 Å². The van der Waals surface area contributed by atoms with Crippen LogP contribution in [0.15, 0.2) is 42.5 Å². The molecule has 1 aliphatic rings. The molecular formula is C15H16N7O2+. The van der Waals surface area contributed by atoms with Crippen LogP contribution in [0.3, 0.4) is 0 Å². The lowest BCUT2D eigenvalue weighted by molar-refractivity contribution is -0.654. The van der Waals surface area contributed by atoms with Gasteiger partial charge in [0.05, 0.1) is 31.6 Å². The van der Waals surface area contributed by atoms with E-state index in [0.717, 1.165) is 16.9 Å². The van der Waals surface area contributed by atoms with Crippen LogP contribution in [0.2, 0.25) is 0 Å². The number of allylic oxidation sites excluding steroid dienone is 1. The lowest BCUT2D eigenvalue weighted by Crippen LogP contribution is -2.36. The Morgan fingerprint density at radius 3 is 2.96 bits per heavy atom. The third-order valence-corrected chi connectivity index (χ3v) is 4.52. The number of benzene rings is 1. The van der Waals surface area contributed by atoms with E-state index >= 15 is 0 Å². The largest absolute Gasteiger partial charge is 0.325 e. The van der Waals surface area contributed by atoms with Crippen LogP contribution in [0.25, 0.3) is 11.0 Å². The molecule has 1 aromatic carbocycles. The molecule has 9 nitrogen and oxygen atoms in total. The molecule has 0 amide bonds. The summed E-state index contributed by atoms with van der Waals surface area (Å²) in [5, 5.41) is 18.4. The molecule has 0 unspecified atom stereocenters. The van der Waals surface area contributed by atoms with Crippen molar-refractivity contribution in [3.05, 3.63) is 58.4 Å². The summed E-state index contributed by atoms with van der Waals surface area (Å²) in [6, 6.07) is 7.51. The first kappa shape index (κ1) is 14.4. The quantitative estimate of drug-likeness (QED) is 0.439. The van der Waals surface area contributed by atoms with Crippen molar-refractivity contribution >= 4 is 17.0 Å². The second kappa shape index (κ2) is 5.15. The van der Waals surface area contributed by atoms with E-state index in [2.05, 4.69) is 24.5 Å². The first-order valence-corrected chi connectivity index (χ1v) is 7.50. The van der Waals surface area contributed by atoms with E-state index in [1.807, 2.05) is 38.4 Å². The number of aromatic nitrogens is 5. The number of fused-ring (bicyclic) bond motifs is 2. The average molecular weight is 326 g/mol. The van der Waals surface area contributed by atoms with Crippen LogP contribution in [0.4, 0.5) is 5.95 Å². The molecule has 2 aromatic heterocycles. The van der Waals surface area contributed by atoms with E-state index in [0.29, 0.717) is 12.4 Å². The van der Waals surface area contributed by atoms with Crippen LogP contribution in [0.5, 0.6) is 0 Å². The van der Waals surface area contributed by atoms with Crippen LogP contribution < -0.4 is 9.88 Å². The minimum atomic E-state index is -0.520. The summed E-state index contributed by atoms with van der Waals surface area (Å²) in [4.78, 5) is 15.2. The molecule has 9 heteroatoms. The molecule has 3 heterocycles. The fourth-order valence-corrected chi connectivity index (χ4v) is 3.29.